The summed E-state index contributed by atoms with van der Waals surface area (Å²) < 4.78 is 5.40. The first kappa shape index (κ1) is 13.8. The fourth-order valence-electron chi connectivity index (χ4n) is 2.02. The van der Waals surface area contributed by atoms with Crippen molar-refractivity contribution in [3.05, 3.63) is 23.9 Å². The Balaban J connectivity index is 1.93. The molecule has 0 saturated carbocycles. The summed E-state index contributed by atoms with van der Waals surface area (Å²) in [5, 5.41) is 5.30. The van der Waals surface area contributed by atoms with Gasteiger partial charge in [-0.3, -0.25) is 0 Å². The molecule has 1 N–H and O–H groups in total. The molecule has 1 saturated heterocycles. The topological polar surface area (TPSA) is 34.2 Å². The van der Waals surface area contributed by atoms with Crippen molar-refractivity contribution in [1.29, 1.82) is 0 Å². The average Bonchev–Trinajstić information content (AvgIpc) is 2.42. The maximum absolute atomic E-state index is 5.40. The lowest BCUT2D eigenvalue weighted by molar-refractivity contribution is 0.1000. The molecule has 0 aliphatic carbocycles. The molecule has 1 aliphatic rings. The van der Waals surface area contributed by atoms with Gasteiger partial charge in [0.1, 0.15) is 5.03 Å². The zero-order valence-corrected chi connectivity index (χ0v) is 11.8. The van der Waals surface area contributed by atoms with E-state index in [1.165, 1.54) is 17.0 Å². The van der Waals surface area contributed by atoms with E-state index in [0.29, 0.717) is 5.25 Å². The molecule has 0 bridgehead atoms. The molecule has 3 nitrogen and oxygen atoms in total. The quantitative estimate of drug-likeness (QED) is 0.803. The van der Waals surface area contributed by atoms with Gasteiger partial charge in [-0.2, -0.15) is 0 Å². The highest BCUT2D eigenvalue weighted by atomic mass is 32.2. The minimum Gasteiger partial charge on any atom is -0.381 e. The van der Waals surface area contributed by atoms with E-state index in [4.69, 9.17) is 4.74 Å². The van der Waals surface area contributed by atoms with Crippen LogP contribution in [0.15, 0.2) is 23.4 Å². The molecule has 0 atom stereocenters. The van der Waals surface area contributed by atoms with Crippen molar-refractivity contribution in [2.24, 2.45) is 0 Å². The van der Waals surface area contributed by atoms with E-state index >= 15 is 0 Å². The van der Waals surface area contributed by atoms with Crippen LogP contribution in [0.1, 0.15) is 31.7 Å². The maximum atomic E-state index is 5.40. The van der Waals surface area contributed by atoms with E-state index < -0.39 is 0 Å². The van der Waals surface area contributed by atoms with Gasteiger partial charge in [-0.25, -0.2) is 4.98 Å². The average molecular weight is 266 g/mol. The Morgan fingerprint density at radius 1 is 1.44 bits per heavy atom. The fourth-order valence-corrected chi connectivity index (χ4v) is 3.17. The van der Waals surface area contributed by atoms with Gasteiger partial charge in [0.25, 0.3) is 0 Å². The molecule has 1 aromatic rings. The van der Waals surface area contributed by atoms with Crippen LogP contribution in [0, 0.1) is 0 Å². The van der Waals surface area contributed by atoms with Crippen molar-refractivity contribution in [1.82, 2.24) is 10.3 Å². The molecule has 1 fully saturated rings. The van der Waals surface area contributed by atoms with Crippen LogP contribution in [-0.2, 0) is 11.3 Å². The van der Waals surface area contributed by atoms with Gasteiger partial charge in [0, 0.05) is 31.2 Å². The van der Waals surface area contributed by atoms with Gasteiger partial charge in [0.15, 0.2) is 0 Å². The summed E-state index contributed by atoms with van der Waals surface area (Å²) in [5.74, 6) is 0. The molecule has 4 heteroatoms. The maximum Gasteiger partial charge on any atom is 0.101 e. The third-order valence-corrected chi connectivity index (χ3v) is 4.43. The highest BCUT2D eigenvalue weighted by molar-refractivity contribution is 7.99. The Morgan fingerprint density at radius 3 is 3.06 bits per heavy atom. The van der Waals surface area contributed by atoms with Gasteiger partial charge in [0.2, 0.25) is 0 Å². The van der Waals surface area contributed by atoms with Crippen LogP contribution in [0.3, 0.4) is 0 Å². The summed E-state index contributed by atoms with van der Waals surface area (Å²) in [6.07, 6.45) is 5.35. The minimum atomic E-state index is 0.665. The lowest BCUT2D eigenvalue weighted by Crippen LogP contribution is -2.19. The second kappa shape index (κ2) is 7.77. The van der Waals surface area contributed by atoms with Crippen LogP contribution in [-0.4, -0.2) is 30.0 Å². The van der Waals surface area contributed by atoms with Crippen molar-refractivity contribution in [3.8, 4) is 0 Å². The fraction of sp³-hybridized carbons (Fsp3) is 0.643. The standard InChI is InChI=1S/C14H22N2OS/c1-2-7-15-11-12-4-3-8-16-14(12)18-13-5-9-17-10-6-13/h3-4,8,13,15H,2,5-7,9-11H2,1H3. The van der Waals surface area contributed by atoms with Gasteiger partial charge >= 0.3 is 0 Å². The van der Waals surface area contributed by atoms with E-state index in [-0.39, 0.29) is 0 Å². The van der Waals surface area contributed by atoms with Crippen LogP contribution >= 0.6 is 11.8 Å². The van der Waals surface area contributed by atoms with E-state index in [1.54, 1.807) is 0 Å². The third kappa shape index (κ3) is 4.26. The van der Waals surface area contributed by atoms with Crippen LogP contribution < -0.4 is 5.32 Å². The van der Waals surface area contributed by atoms with Gasteiger partial charge < -0.3 is 10.1 Å². The summed E-state index contributed by atoms with van der Waals surface area (Å²) in [5.41, 5.74) is 1.32. The van der Waals surface area contributed by atoms with Crippen LogP contribution in [0.4, 0.5) is 0 Å². The van der Waals surface area contributed by atoms with E-state index in [2.05, 4.69) is 23.3 Å². The number of ether oxygens (including phenoxy) is 1. The summed E-state index contributed by atoms with van der Waals surface area (Å²) in [4.78, 5) is 4.53. The molecule has 1 aliphatic heterocycles. The first-order valence-corrected chi connectivity index (χ1v) is 7.67. The Kier molecular flexibility index (Phi) is 5.97. The van der Waals surface area contributed by atoms with E-state index in [9.17, 15) is 0 Å². The number of hydrogen-bond acceptors (Lipinski definition) is 4. The summed E-state index contributed by atoms with van der Waals surface area (Å²) in [6, 6.07) is 4.20. The zero-order chi connectivity index (χ0) is 12.6. The molecule has 0 radical (unpaired) electrons. The summed E-state index contributed by atoms with van der Waals surface area (Å²) in [6.45, 7) is 5.97. The Morgan fingerprint density at radius 2 is 2.28 bits per heavy atom. The lowest BCUT2D eigenvalue weighted by atomic mass is 10.2. The predicted octanol–water partition coefficient (Wildman–Crippen LogP) is 2.85. The molecule has 0 aromatic carbocycles. The number of nitrogens with zero attached hydrogens (tertiary/aromatic N) is 1. The van der Waals surface area contributed by atoms with E-state index in [1.807, 2.05) is 24.0 Å². The molecule has 1 aromatic heterocycles. The van der Waals surface area contributed by atoms with Gasteiger partial charge in [-0.05, 0) is 37.4 Å². The lowest BCUT2D eigenvalue weighted by Gasteiger charge is -2.22. The Hall–Kier alpha value is -0.580. The van der Waals surface area contributed by atoms with Crippen molar-refractivity contribution in [3.63, 3.8) is 0 Å². The summed E-state index contributed by atoms with van der Waals surface area (Å²) in [7, 11) is 0. The van der Waals surface area contributed by atoms with Gasteiger partial charge in [-0.1, -0.05) is 13.0 Å². The van der Waals surface area contributed by atoms with Gasteiger partial charge in [0.05, 0.1) is 0 Å². The SMILES string of the molecule is CCCNCc1cccnc1SC1CCOCC1. The van der Waals surface area contributed by atoms with Crippen LogP contribution in [0.25, 0.3) is 0 Å². The zero-order valence-electron chi connectivity index (χ0n) is 11.0. The second-order valence-corrected chi connectivity index (χ2v) is 5.86. The van der Waals surface area contributed by atoms with Crippen LogP contribution in [0.2, 0.25) is 0 Å². The summed E-state index contributed by atoms with van der Waals surface area (Å²) >= 11 is 1.92. The molecule has 18 heavy (non-hydrogen) atoms. The molecular weight excluding hydrogens is 244 g/mol. The van der Waals surface area contributed by atoms with Crippen molar-refractivity contribution >= 4 is 11.8 Å². The minimum absolute atomic E-state index is 0.665. The number of aromatic nitrogens is 1. The Bertz CT molecular complexity index is 353. The monoisotopic (exact) mass is 266 g/mol. The third-order valence-electron chi connectivity index (χ3n) is 3.04. The number of pyridine rings is 1. The van der Waals surface area contributed by atoms with Crippen molar-refractivity contribution in [2.45, 2.75) is 43.0 Å². The van der Waals surface area contributed by atoms with Crippen molar-refractivity contribution in [2.75, 3.05) is 19.8 Å². The molecule has 0 spiro atoms. The number of thioether (sulfide) groups is 1. The van der Waals surface area contributed by atoms with Gasteiger partial charge in [-0.15, -0.1) is 11.8 Å². The molecule has 100 valence electrons. The number of nitrogens with one attached hydrogen (secondary N) is 1. The molecule has 2 heterocycles. The predicted molar refractivity (Wildman–Crippen MR) is 75.9 cm³/mol. The normalized spacial score (nSPS) is 16.9. The van der Waals surface area contributed by atoms with Crippen LogP contribution in [0.5, 0.6) is 0 Å². The van der Waals surface area contributed by atoms with E-state index in [0.717, 1.165) is 39.1 Å². The number of hydrogen-bond donors (Lipinski definition) is 1. The Labute approximate surface area is 114 Å². The molecule has 0 amide bonds. The molecular formula is C14H22N2OS. The highest BCUT2D eigenvalue weighted by Gasteiger charge is 2.17. The first-order valence-electron chi connectivity index (χ1n) is 6.79. The van der Waals surface area contributed by atoms with Crippen molar-refractivity contribution < 1.29 is 4.74 Å². The smallest absolute Gasteiger partial charge is 0.101 e. The molecule has 2 rings (SSSR count). The largest absolute Gasteiger partial charge is 0.381 e. The molecule has 0 unspecified atom stereocenters. The highest BCUT2D eigenvalue weighted by Crippen LogP contribution is 2.30. The number of rotatable bonds is 6. The first-order chi connectivity index (χ1) is 8.90. The second-order valence-electron chi connectivity index (χ2n) is 4.57.